The third kappa shape index (κ3) is 2.30. The van der Waals surface area contributed by atoms with E-state index in [2.05, 4.69) is 5.73 Å². The Hall–Kier alpha value is -1.46. The first-order chi connectivity index (χ1) is 5.84. The predicted molar refractivity (Wildman–Crippen MR) is 50.6 cm³/mol. The Bertz CT molecular complexity index is 292. The highest BCUT2D eigenvalue weighted by molar-refractivity contribution is 5.62. The van der Waals surface area contributed by atoms with E-state index < -0.39 is 0 Å². The molecular formula is C11H12O. The van der Waals surface area contributed by atoms with E-state index in [4.69, 9.17) is 4.74 Å². The van der Waals surface area contributed by atoms with E-state index in [1.807, 2.05) is 37.3 Å². The van der Waals surface area contributed by atoms with Crippen molar-refractivity contribution in [3.63, 3.8) is 0 Å². The lowest BCUT2D eigenvalue weighted by molar-refractivity contribution is 0.339. The van der Waals surface area contributed by atoms with Crippen LogP contribution in [0.1, 0.15) is 12.5 Å². The van der Waals surface area contributed by atoms with Gasteiger partial charge in [-0.05, 0) is 12.5 Å². The van der Waals surface area contributed by atoms with Crippen molar-refractivity contribution in [2.45, 2.75) is 6.92 Å². The highest BCUT2D eigenvalue weighted by Crippen LogP contribution is 2.10. The molecule has 0 bridgehead atoms. The zero-order valence-electron chi connectivity index (χ0n) is 7.37. The van der Waals surface area contributed by atoms with Crippen LogP contribution in [-0.4, -0.2) is 7.11 Å². The summed E-state index contributed by atoms with van der Waals surface area (Å²) < 4.78 is 4.78. The van der Waals surface area contributed by atoms with Crippen LogP contribution in [0.2, 0.25) is 0 Å². The monoisotopic (exact) mass is 160 g/mol. The van der Waals surface area contributed by atoms with Gasteiger partial charge in [0.05, 0.1) is 7.11 Å². The van der Waals surface area contributed by atoms with Crippen molar-refractivity contribution in [1.82, 2.24) is 0 Å². The summed E-state index contributed by atoms with van der Waals surface area (Å²) in [5, 5.41) is 0. The minimum absolute atomic E-state index is 1.08. The standard InChI is InChI=1S/C11H12O/c1-10(8-9-12-2)11-6-4-3-5-7-11/h3-7,9H,1-2H3. The van der Waals surface area contributed by atoms with E-state index in [1.165, 1.54) is 5.56 Å². The number of allylic oxidation sites excluding steroid dienone is 1. The largest absolute Gasteiger partial charge is 0.496 e. The van der Waals surface area contributed by atoms with Crippen molar-refractivity contribution in [3.05, 3.63) is 47.9 Å². The minimum Gasteiger partial charge on any atom is -0.496 e. The molecule has 0 radical (unpaired) electrons. The average molecular weight is 160 g/mol. The molecule has 0 aliphatic heterocycles. The quantitative estimate of drug-likeness (QED) is 0.477. The van der Waals surface area contributed by atoms with E-state index in [-0.39, 0.29) is 0 Å². The molecule has 1 nitrogen and oxygen atoms in total. The van der Waals surface area contributed by atoms with Gasteiger partial charge in [0.25, 0.3) is 0 Å². The Morgan fingerprint density at radius 1 is 1.33 bits per heavy atom. The molecule has 1 heteroatoms. The zero-order valence-corrected chi connectivity index (χ0v) is 7.37. The molecule has 0 aromatic heterocycles. The highest BCUT2D eigenvalue weighted by Gasteiger charge is 1.89. The van der Waals surface area contributed by atoms with Gasteiger partial charge in [0, 0.05) is 5.57 Å². The normalized spacial score (nSPS) is 8.50. The van der Waals surface area contributed by atoms with Gasteiger partial charge in [-0.1, -0.05) is 36.1 Å². The van der Waals surface area contributed by atoms with Gasteiger partial charge in [-0.15, -0.1) is 0 Å². The van der Waals surface area contributed by atoms with Crippen molar-refractivity contribution < 1.29 is 4.74 Å². The van der Waals surface area contributed by atoms with Gasteiger partial charge >= 0.3 is 0 Å². The number of hydrogen-bond donors (Lipinski definition) is 0. The molecule has 1 rings (SSSR count). The first kappa shape index (κ1) is 8.63. The summed E-state index contributed by atoms with van der Waals surface area (Å²) in [5.41, 5.74) is 5.27. The first-order valence-electron chi connectivity index (χ1n) is 3.84. The molecule has 0 aliphatic rings. The fraction of sp³-hybridized carbons (Fsp3) is 0.182. The van der Waals surface area contributed by atoms with Gasteiger partial charge in [-0.25, -0.2) is 0 Å². The van der Waals surface area contributed by atoms with Crippen molar-refractivity contribution in [3.8, 4) is 0 Å². The van der Waals surface area contributed by atoms with Crippen LogP contribution in [-0.2, 0) is 4.74 Å². The highest BCUT2D eigenvalue weighted by atomic mass is 16.5. The zero-order chi connectivity index (χ0) is 8.81. The third-order valence-corrected chi connectivity index (χ3v) is 1.60. The van der Waals surface area contributed by atoms with Gasteiger partial charge in [0.15, 0.2) is 0 Å². The number of methoxy groups -OCH3 is 1. The Morgan fingerprint density at radius 2 is 2.00 bits per heavy atom. The maximum absolute atomic E-state index is 4.78. The summed E-state index contributed by atoms with van der Waals surface area (Å²) in [6.45, 7) is 2.00. The van der Waals surface area contributed by atoms with Gasteiger partial charge in [0.2, 0.25) is 0 Å². The van der Waals surface area contributed by atoms with E-state index in [1.54, 1.807) is 13.4 Å². The molecule has 0 fully saturated rings. The topological polar surface area (TPSA) is 9.23 Å². The molecule has 0 unspecified atom stereocenters. The molecule has 1 aromatic rings. The summed E-state index contributed by atoms with van der Waals surface area (Å²) in [6.07, 6.45) is 1.56. The molecular weight excluding hydrogens is 148 g/mol. The summed E-state index contributed by atoms with van der Waals surface area (Å²) >= 11 is 0. The molecule has 62 valence electrons. The molecule has 0 amide bonds. The first-order valence-corrected chi connectivity index (χ1v) is 3.84. The van der Waals surface area contributed by atoms with Crippen LogP contribution in [0.25, 0.3) is 5.57 Å². The van der Waals surface area contributed by atoms with Crippen LogP contribution < -0.4 is 0 Å². The van der Waals surface area contributed by atoms with Crippen LogP contribution >= 0.6 is 0 Å². The number of ether oxygens (including phenoxy) is 1. The van der Waals surface area contributed by atoms with Gasteiger partial charge in [-0.2, -0.15) is 0 Å². The molecule has 0 heterocycles. The Morgan fingerprint density at radius 3 is 2.58 bits per heavy atom. The lowest BCUT2D eigenvalue weighted by Crippen LogP contribution is -1.75. The number of rotatable bonds is 2. The minimum atomic E-state index is 1.08. The molecule has 0 aliphatic carbocycles. The summed E-state index contributed by atoms with van der Waals surface area (Å²) in [5.74, 6) is 0. The van der Waals surface area contributed by atoms with Crippen molar-refractivity contribution in [2.24, 2.45) is 0 Å². The molecule has 12 heavy (non-hydrogen) atoms. The predicted octanol–water partition coefficient (Wildman–Crippen LogP) is 2.85. The van der Waals surface area contributed by atoms with Gasteiger partial charge in [-0.3, -0.25) is 0 Å². The third-order valence-electron chi connectivity index (χ3n) is 1.60. The van der Waals surface area contributed by atoms with E-state index in [0.29, 0.717) is 0 Å². The molecule has 0 spiro atoms. The fourth-order valence-corrected chi connectivity index (χ4v) is 0.919. The summed E-state index contributed by atoms with van der Waals surface area (Å²) in [4.78, 5) is 0. The maximum Gasteiger partial charge on any atom is 0.125 e. The molecule has 0 atom stereocenters. The van der Waals surface area contributed by atoms with Crippen LogP contribution in [0.15, 0.2) is 42.3 Å². The molecule has 0 saturated carbocycles. The van der Waals surface area contributed by atoms with Crippen LogP contribution in [0.5, 0.6) is 0 Å². The van der Waals surface area contributed by atoms with Crippen molar-refractivity contribution in [2.75, 3.05) is 7.11 Å². The number of benzene rings is 1. The second-order valence-electron chi connectivity index (χ2n) is 2.49. The second-order valence-corrected chi connectivity index (χ2v) is 2.49. The molecule has 1 aromatic carbocycles. The summed E-state index contributed by atoms with van der Waals surface area (Å²) in [6, 6.07) is 10.1. The second kappa shape index (κ2) is 4.42. The van der Waals surface area contributed by atoms with Gasteiger partial charge in [0.1, 0.15) is 6.26 Å². The Kier molecular flexibility index (Phi) is 3.18. The lowest BCUT2D eigenvalue weighted by Gasteiger charge is -1.95. The van der Waals surface area contributed by atoms with Crippen molar-refractivity contribution >= 4 is 5.57 Å². The smallest absolute Gasteiger partial charge is 0.125 e. The Balaban J connectivity index is 2.93. The fourth-order valence-electron chi connectivity index (χ4n) is 0.919. The van der Waals surface area contributed by atoms with Crippen LogP contribution in [0.4, 0.5) is 0 Å². The van der Waals surface area contributed by atoms with Crippen LogP contribution in [0, 0.1) is 0 Å². The van der Waals surface area contributed by atoms with Gasteiger partial charge < -0.3 is 4.74 Å². The Labute approximate surface area is 73.0 Å². The molecule has 0 saturated heterocycles. The number of hydrogen-bond acceptors (Lipinski definition) is 1. The lowest BCUT2D eigenvalue weighted by atomic mass is 10.1. The van der Waals surface area contributed by atoms with E-state index >= 15 is 0 Å². The van der Waals surface area contributed by atoms with E-state index in [9.17, 15) is 0 Å². The van der Waals surface area contributed by atoms with Crippen LogP contribution in [0.3, 0.4) is 0 Å². The SMILES string of the molecule is COC=C=C(C)c1ccccc1. The average Bonchev–Trinajstić information content (AvgIpc) is 2.15. The van der Waals surface area contributed by atoms with E-state index in [0.717, 1.165) is 5.57 Å². The summed E-state index contributed by atoms with van der Waals surface area (Å²) in [7, 11) is 1.62. The maximum atomic E-state index is 4.78. The molecule has 0 N–H and O–H groups in total. The van der Waals surface area contributed by atoms with Crippen molar-refractivity contribution in [1.29, 1.82) is 0 Å².